The standard InChI is InChI=1S/C8H14N4S2/c1-5(7(9)13)4-12(3)8-11-10-6(2)14-8/h5H,4H2,1-3H3,(H2,9,13). The fourth-order valence-corrected chi connectivity index (χ4v) is 1.75. The van der Waals surface area contributed by atoms with E-state index in [9.17, 15) is 0 Å². The van der Waals surface area contributed by atoms with Crippen molar-refractivity contribution in [1.82, 2.24) is 10.2 Å². The fourth-order valence-electron chi connectivity index (χ4n) is 1.02. The highest BCUT2D eigenvalue weighted by Gasteiger charge is 2.12. The predicted octanol–water partition coefficient (Wildman–Crippen LogP) is 1.20. The number of aryl methyl sites for hydroxylation is 1. The second kappa shape index (κ2) is 4.65. The van der Waals surface area contributed by atoms with Gasteiger partial charge in [0.25, 0.3) is 0 Å². The lowest BCUT2D eigenvalue weighted by atomic mass is 10.2. The highest BCUT2D eigenvalue weighted by atomic mass is 32.1. The molecule has 0 aliphatic heterocycles. The van der Waals surface area contributed by atoms with Crippen LogP contribution in [0, 0.1) is 12.8 Å². The third-order valence-electron chi connectivity index (χ3n) is 1.88. The van der Waals surface area contributed by atoms with Gasteiger partial charge in [-0.1, -0.05) is 30.5 Å². The molecule has 1 atom stereocenters. The lowest BCUT2D eigenvalue weighted by Gasteiger charge is -2.19. The van der Waals surface area contributed by atoms with Gasteiger partial charge in [0.05, 0.1) is 4.99 Å². The Hall–Kier alpha value is -0.750. The number of nitrogens with zero attached hydrogens (tertiary/aromatic N) is 3. The summed E-state index contributed by atoms with van der Waals surface area (Å²) in [7, 11) is 1.97. The molecule has 1 rings (SSSR count). The van der Waals surface area contributed by atoms with Crippen molar-refractivity contribution in [3.63, 3.8) is 0 Å². The zero-order chi connectivity index (χ0) is 10.7. The van der Waals surface area contributed by atoms with Gasteiger partial charge in [-0.25, -0.2) is 0 Å². The number of hydrogen-bond donors (Lipinski definition) is 1. The molecule has 4 nitrogen and oxygen atoms in total. The molecule has 78 valence electrons. The second-order valence-corrected chi connectivity index (χ2v) is 4.92. The monoisotopic (exact) mass is 230 g/mol. The molecule has 0 amide bonds. The second-order valence-electron chi connectivity index (χ2n) is 3.29. The first kappa shape index (κ1) is 11.3. The van der Waals surface area contributed by atoms with Crippen molar-refractivity contribution < 1.29 is 0 Å². The molecule has 1 unspecified atom stereocenters. The molecule has 0 radical (unpaired) electrons. The van der Waals surface area contributed by atoms with Crippen molar-refractivity contribution in [2.75, 3.05) is 18.5 Å². The molecule has 0 fully saturated rings. The molecule has 0 spiro atoms. The fraction of sp³-hybridized carbons (Fsp3) is 0.625. The molecule has 0 saturated carbocycles. The van der Waals surface area contributed by atoms with E-state index in [-0.39, 0.29) is 5.92 Å². The van der Waals surface area contributed by atoms with Gasteiger partial charge in [0.15, 0.2) is 0 Å². The summed E-state index contributed by atoms with van der Waals surface area (Å²) in [5, 5.41) is 9.87. The summed E-state index contributed by atoms with van der Waals surface area (Å²) in [6.07, 6.45) is 0. The maximum atomic E-state index is 5.54. The number of hydrogen-bond acceptors (Lipinski definition) is 5. The van der Waals surface area contributed by atoms with Crippen LogP contribution in [-0.4, -0.2) is 28.8 Å². The summed E-state index contributed by atoms with van der Waals surface area (Å²) in [5.41, 5.74) is 5.54. The van der Waals surface area contributed by atoms with Gasteiger partial charge in [-0.3, -0.25) is 0 Å². The van der Waals surface area contributed by atoms with Gasteiger partial charge in [0.1, 0.15) is 5.01 Å². The maximum Gasteiger partial charge on any atom is 0.208 e. The van der Waals surface area contributed by atoms with Gasteiger partial charge in [-0.15, -0.1) is 10.2 Å². The first-order valence-corrected chi connectivity index (χ1v) is 5.53. The summed E-state index contributed by atoms with van der Waals surface area (Å²) in [6.45, 7) is 4.72. The average molecular weight is 230 g/mol. The largest absolute Gasteiger partial charge is 0.393 e. The van der Waals surface area contributed by atoms with Crippen molar-refractivity contribution in [1.29, 1.82) is 0 Å². The molecule has 0 saturated heterocycles. The third-order valence-corrected chi connectivity index (χ3v) is 3.23. The van der Waals surface area contributed by atoms with E-state index in [4.69, 9.17) is 18.0 Å². The van der Waals surface area contributed by atoms with E-state index >= 15 is 0 Å². The first-order chi connectivity index (χ1) is 6.50. The minimum absolute atomic E-state index is 0.194. The lowest BCUT2D eigenvalue weighted by molar-refractivity contribution is 0.737. The number of nitrogens with two attached hydrogens (primary N) is 1. The van der Waals surface area contributed by atoms with Crippen LogP contribution >= 0.6 is 23.6 Å². The number of anilines is 1. The first-order valence-electron chi connectivity index (χ1n) is 4.31. The number of thiocarbonyl (C=S) groups is 1. The van der Waals surface area contributed by atoms with Crippen LogP contribution in [0.15, 0.2) is 0 Å². The molecule has 0 aromatic carbocycles. The van der Waals surface area contributed by atoms with E-state index in [1.54, 1.807) is 11.3 Å². The van der Waals surface area contributed by atoms with Gasteiger partial charge >= 0.3 is 0 Å². The zero-order valence-electron chi connectivity index (χ0n) is 8.52. The van der Waals surface area contributed by atoms with Gasteiger partial charge < -0.3 is 10.6 Å². The predicted molar refractivity (Wildman–Crippen MR) is 63.9 cm³/mol. The van der Waals surface area contributed by atoms with Crippen LogP contribution in [0.4, 0.5) is 5.13 Å². The summed E-state index contributed by atoms with van der Waals surface area (Å²) >= 11 is 6.48. The van der Waals surface area contributed by atoms with Crippen LogP contribution in [0.25, 0.3) is 0 Å². The average Bonchev–Trinajstić information content (AvgIpc) is 2.51. The van der Waals surface area contributed by atoms with E-state index in [2.05, 4.69) is 10.2 Å². The van der Waals surface area contributed by atoms with Gasteiger partial charge in [0, 0.05) is 19.5 Å². The Kier molecular flexibility index (Phi) is 3.77. The van der Waals surface area contributed by atoms with Crippen molar-refractivity contribution in [2.24, 2.45) is 11.7 Å². The Labute approximate surface area is 93.1 Å². The van der Waals surface area contributed by atoms with Crippen molar-refractivity contribution in [2.45, 2.75) is 13.8 Å². The van der Waals surface area contributed by atoms with Crippen molar-refractivity contribution in [3.8, 4) is 0 Å². The number of rotatable bonds is 4. The van der Waals surface area contributed by atoms with Gasteiger partial charge in [-0.05, 0) is 6.92 Å². The van der Waals surface area contributed by atoms with Crippen LogP contribution in [0.5, 0.6) is 0 Å². The Morgan fingerprint density at radius 2 is 2.29 bits per heavy atom. The molecular weight excluding hydrogens is 216 g/mol. The number of aromatic nitrogens is 2. The van der Waals surface area contributed by atoms with E-state index < -0.39 is 0 Å². The Morgan fingerprint density at radius 3 is 2.71 bits per heavy atom. The molecule has 6 heteroatoms. The lowest BCUT2D eigenvalue weighted by Crippen LogP contribution is -2.31. The molecule has 2 N–H and O–H groups in total. The quantitative estimate of drug-likeness (QED) is 0.788. The molecule has 0 aliphatic carbocycles. The molecule has 0 bridgehead atoms. The van der Waals surface area contributed by atoms with E-state index in [1.165, 1.54) is 0 Å². The summed E-state index contributed by atoms with van der Waals surface area (Å²) in [6, 6.07) is 0. The highest BCUT2D eigenvalue weighted by Crippen LogP contribution is 2.18. The van der Waals surface area contributed by atoms with Crippen LogP contribution in [0.3, 0.4) is 0 Å². The topological polar surface area (TPSA) is 55.0 Å². The molecule has 0 aliphatic rings. The van der Waals surface area contributed by atoms with E-state index in [0.29, 0.717) is 4.99 Å². The van der Waals surface area contributed by atoms with E-state index in [1.807, 2.05) is 25.8 Å². The molecule has 1 aromatic heterocycles. The van der Waals surface area contributed by atoms with Crippen molar-refractivity contribution >= 4 is 33.7 Å². The maximum absolute atomic E-state index is 5.54. The summed E-state index contributed by atoms with van der Waals surface area (Å²) in [4.78, 5) is 2.56. The van der Waals surface area contributed by atoms with Crippen LogP contribution in [0.1, 0.15) is 11.9 Å². The molecular formula is C8H14N4S2. The van der Waals surface area contributed by atoms with Crippen LogP contribution in [0.2, 0.25) is 0 Å². The zero-order valence-corrected chi connectivity index (χ0v) is 10.2. The Bertz CT molecular complexity index is 323. The van der Waals surface area contributed by atoms with Crippen LogP contribution in [-0.2, 0) is 0 Å². The third kappa shape index (κ3) is 2.88. The molecule has 14 heavy (non-hydrogen) atoms. The van der Waals surface area contributed by atoms with E-state index in [0.717, 1.165) is 16.7 Å². The van der Waals surface area contributed by atoms with Crippen LogP contribution < -0.4 is 10.6 Å². The Morgan fingerprint density at radius 1 is 1.64 bits per heavy atom. The Balaban J connectivity index is 2.58. The SMILES string of the molecule is Cc1nnc(N(C)CC(C)C(N)=S)s1. The van der Waals surface area contributed by atoms with Crippen molar-refractivity contribution in [3.05, 3.63) is 5.01 Å². The normalized spacial score (nSPS) is 12.5. The molecule has 1 aromatic rings. The minimum Gasteiger partial charge on any atom is -0.393 e. The summed E-state index contributed by atoms with van der Waals surface area (Å²) in [5.74, 6) is 0.194. The summed E-state index contributed by atoms with van der Waals surface area (Å²) < 4.78 is 0. The van der Waals surface area contributed by atoms with Gasteiger partial charge in [-0.2, -0.15) is 0 Å². The minimum atomic E-state index is 0.194. The van der Waals surface area contributed by atoms with Gasteiger partial charge in [0.2, 0.25) is 5.13 Å². The highest BCUT2D eigenvalue weighted by molar-refractivity contribution is 7.80. The molecule has 1 heterocycles. The smallest absolute Gasteiger partial charge is 0.208 e.